The van der Waals surface area contributed by atoms with Crippen molar-refractivity contribution in [3.8, 4) is 0 Å². The molecule has 8 heteroatoms. The highest BCUT2D eigenvalue weighted by Gasteiger charge is 2.24. The molecular formula is C17H26N6O2. The number of hydrogen-bond acceptors (Lipinski definition) is 5. The number of aromatic nitrogens is 3. The molecule has 0 unspecified atom stereocenters. The molecular weight excluding hydrogens is 320 g/mol. The van der Waals surface area contributed by atoms with E-state index in [2.05, 4.69) is 15.6 Å². The molecule has 1 aliphatic heterocycles. The monoisotopic (exact) mass is 346 g/mol. The highest BCUT2D eigenvalue weighted by atomic mass is 16.3. The summed E-state index contributed by atoms with van der Waals surface area (Å²) in [4.78, 5) is 14.1. The zero-order valence-electron chi connectivity index (χ0n) is 14.8. The van der Waals surface area contributed by atoms with Gasteiger partial charge in [-0.2, -0.15) is 0 Å². The Labute approximate surface area is 147 Å². The molecule has 2 aromatic heterocycles. The second kappa shape index (κ2) is 7.26. The van der Waals surface area contributed by atoms with E-state index in [1.165, 1.54) is 0 Å². The van der Waals surface area contributed by atoms with Crippen LogP contribution in [0.2, 0.25) is 0 Å². The van der Waals surface area contributed by atoms with E-state index in [0.717, 1.165) is 43.9 Å². The Morgan fingerprint density at radius 2 is 2.20 bits per heavy atom. The molecule has 0 atom stereocenters. The van der Waals surface area contributed by atoms with Crippen molar-refractivity contribution in [1.29, 1.82) is 0 Å². The van der Waals surface area contributed by atoms with Gasteiger partial charge in [0.2, 0.25) is 0 Å². The van der Waals surface area contributed by atoms with Crippen molar-refractivity contribution in [2.45, 2.75) is 45.3 Å². The van der Waals surface area contributed by atoms with Crippen molar-refractivity contribution < 1.29 is 9.21 Å². The van der Waals surface area contributed by atoms with E-state index in [-0.39, 0.29) is 6.03 Å². The molecule has 3 N–H and O–H groups in total. The predicted molar refractivity (Wildman–Crippen MR) is 92.5 cm³/mol. The molecule has 0 saturated carbocycles. The number of nitrogens with zero attached hydrogens (tertiary/aromatic N) is 4. The summed E-state index contributed by atoms with van der Waals surface area (Å²) >= 11 is 0. The number of furan rings is 1. The molecule has 1 saturated heterocycles. The first-order valence-electron chi connectivity index (χ1n) is 8.66. The molecule has 1 aliphatic rings. The molecule has 3 heterocycles. The van der Waals surface area contributed by atoms with Gasteiger partial charge in [-0.15, -0.1) is 5.10 Å². The Bertz CT molecular complexity index is 680. The highest BCUT2D eigenvalue weighted by Crippen LogP contribution is 2.20. The summed E-state index contributed by atoms with van der Waals surface area (Å²) < 4.78 is 7.09. The number of carbonyl (C=O) groups excluding carboxylic acids is 1. The Morgan fingerprint density at radius 1 is 1.44 bits per heavy atom. The van der Waals surface area contributed by atoms with E-state index < -0.39 is 5.54 Å². The summed E-state index contributed by atoms with van der Waals surface area (Å²) in [6.07, 6.45) is 5.43. The number of urea groups is 1. The second-order valence-electron chi connectivity index (χ2n) is 7.22. The van der Waals surface area contributed by atoms with E-state index in [4.69, 9.17) is 10.2 Å². The first kappa shape index (κ1) is 17.5. The van der Waals surface area contributed by atoms with Gasteiger partial charge in [-0.05, 0) is 44.7 Å². The average molecular weight is 346 g/mol. The first-order valence-corrected chi connectivity index (χ1v) is 8.66. The number of likely N-dealkylation sites (tertiary alicyclic amines) is 1. The van der Waals surface area contributed by atoms with Gasteiger partial charge in [-0.1, -0.05) is 5.21 Å². The maximum absolute atomic E-state index is 12.2. The van der Waals surface area contributed by atoms with Crippen LogP contribution in [0.25, 0.3) is 0 Å². The number of nitrogens with two attached hydrogens (primary N) is 1. The molecule has 0 aliphatic carbocycles. The molecule has 8 nitrogen and oxygen atoms in total. The van der Waals surface area contributed by atoms with Crippen molar-refractivity contribution in [3.05, 3.63) is 36.0 Å². The molecule has 2 amide bonds. The Balaban J connectivity index is 1.43. The van der Waals surface area contributed by atoms with Crippen molar-refractivity contribution in [2.24, 2.45) is 11.7 Å². The van der Waals surface area contributed by atoms with Crippen LogP contribution in [0.1, 0.15) is 38.1 Å². The van der Waals surface area contributed by atoms with Gasteiger partial charge >= 0.3 is 6.03 Å². The lowest BCUT2D eigenvalue weighted by Crippen LogP contribution is -2.44. The fourth-order valence-corrected chi connectivity index (χ4v) is 2.95. The summed E-state index contributed by atoms with van der Waals surface area (Å²) in [6, 6.07) is 3.62. The zero-order valence-corrected chi connectivity index (χ0v) is 14.8. The van der Waals surface area contributed by atoms with Crippen LogP contribution >= 0.6 is 0 Å². The third-order valence-electron chi connectivity index (χ3n) is 4.54. The Morgan fingerprint density at radius 3 is 2.80 bits per heavy atom. The number of nitrogens with one attached hydrogen (secondary N) is 1. The van der Waals surface area contributed by atoms with E-state index >= 15 is 0 Å². The van der Waals surface area contributed by atoms with Crippen molar-refractivity contribution in [3.63, 3.8) is 0 Å². The first-order chi connectivity index (χ1) is 11.9. The molecule has 0 radical (unpaired) electrons. The van der Waals surface area contributed by atoms with E-state index in [0.29, 0.717) is 12.5 Å². The van der Waals surface area contributed by atoms with Crippen LogP contribution in [-0.4, -0.2) is 39.0 Å². The number of piperidine rings is 1. The maximum Gasteiger partial charge on any atom is 0.317 e. The topological polar surface area (TPSA) is 102 Å². The van der Waals surface area contributed by atoms with E-state index in [1.807, 2.05) is 41.8 Å². The van der Waals surface area contributed by atoms with Gasteiger partial charge < -0.3 is 20.4 Å². The molecule has 3 rings (SSSR count). The molecule has 136 valence electrons. The van der Waals surface area contributed by atoms with Gasteiger partial charge in [0.15, 0.2) is 0 Å². The van der Waals surface area contributed by atoms with Gasteiger partial charge in [-0.3, -0.25) is 4.68 Å². The Hall–Kier alpha value is -2.35. The van der Waals surface area contributed by atoms with Gasteiger partial charge in [0.25, 0.3) is 0 Å². The minimum Gasteiger partial charge on any atom is -0.467 e. The maximum atomic E-state index is 12.2. The lowest BCUT2D eigenvalue weighted by atomic mass is 9.97. The van der Waals surface area contributed by atoms with Crippen LogP contribution in [-0.2, 0) is 18.6 Å². The van der Waals surface area contributed by atoms with Gasteiger partial charge in [0.1, 0.15) is 11.5 Å². The quantitative estimate of drug-likeness (QED) is 0.857. The largest absolute Gasteiger partial charge is 0.467 e. The van der Waals surface area contributed by atoms with Crippen LogP contribution in [0.4, 0.5) is 4.79 Å². The molecule has 25 heavy (non-hydrogen) atoms. The van der Waals surface area contributed by atoms with E-state index in [1.54, 1.807) is 6.26 Å². The van der Waals surface area contributed by atoms with Crippen LogP contribution in [0.3, 0.4) is 0 Å². The fraction of sp³-hybridized carbons (Fsp3) is 0.588. The summed E-state index contributed by atoms with van der Waals surface area (Å²) in [5.74, 6) is 1.25. The zero-order chi connectivity index (χ0) is 17.9. The second-order valence-corrected chi connectivity index (χ2v) is 7.22. The number of amides is 2. The SMILES string of the molecule is CC(C)(N)c1cn(CC2CCN(C(=O)NCc3ccco3)CC2)nn1. The fourth-order valence-electron chi connectivity index (χ4n) is 2.95. The summed E-state index contributed by atoms with van der Waals surface area (Å²) in [7, 11) is 0. The van der Waals surface area contributed by atoms with Crippen molar-refractivity contribution in [2.75, 3.05) is 13.1 Å². The minimum atomic E-state index is -0.478. The van der Waals surface area contributed by atoms with Gasteiger partial charge in [0.05, 0.1) is 24.5 Å². The lowest BCUT2D eigenvalue weighted by Gasteiger charge is -2.31. The van der Waals surface area contributed by atoms with Gasteiger partial charge in [-0.25, -0.2) is 4.79 Å². The number of rotatable bonds is 5. The summed E-state index contributed by atoms with van der Waals surface area (Å²) in [5.41, 5.74) is 6.36. The Kier molecular flexibility index (Phi) is 5.08. The predicted octanol–water partition coefficient (Wildman–Crippen LogP) is 1.69. The normalized spacial score (nSPS) is 16.2. The van der Waals surface area contributed by atoms with Crippen LogP contribution in [0.5, 0.6) is 0 Å². The molecule has 0 aromatic carbocycles. The smallest absolute Gasteiger partial charge is 0.317 e. The van der Waals surface area contributed by atoms with Crippen LogP contribution in [0, 0.1) is 5.92 Å². The minimum absolute atomic E-state index is 0.0391. The van der Waals surface area contributed by atoms with Crippen molar-refractivity contribution >= 4 is 6.03 Å². The van der Waals surface area contributed by atoms with Crippen LogP contribution in [0.15, 0.2) is 29.0 Å². The highest BCUT2D eigenvalue weighted by molar-refractivity contribution is 5.74. The number of hydrogen-bond donors (Lipinski definition) is 2. The lowest BCUT2D eigenvalue weighted by molar-refractivity contribution is 0.163. The molecule has 2 aromatic rings. The number of carbonyl (C=O) groups is 1. The van der Waals surface area contributed by atoms with Crippen molar-refractivity contribution in [1.82, 2.24) is 25.2 Å². The summed E-state index contributed by atoms with van der Waals surface area (Å²) in [6.45, 7) is 6.56. The molecule has 0 bridgehead atoms. The van der Waals surface area contributed by atoms with E-state index in [9.17, 15) is 4.79 Å². The van der Waals surface area contributed by atoms with Gasteiger partial charge in [0, 0.05) is 19.6 Å². The third kappa shape index (κ3) is 4.60. The standard InChI is InChI=1S/C17H26N6O2/c1-17(2,18)15-12-23(21-20-15)11-13-5-7-22(8-6-13)16(24)19-10-14-4-3-9-25-14/h3-4,9,12-13H,5-8,10-11,18H2,1-2H3,(H,19,24). The molecule has 1 fully saturated rings. The summed E-state index contributed by atoms with van der Waals surface area (Å²) in [5, 5.41) is 11.2. The third-order valence-corrected chi connectivity index (χ3v) is 4.54. The molecule has 0 spiro atoms. The van der Waals surface area contributed by atoms with Crippen LogP contribution < -0.4 is 11.1 Å². The average Bonchev–Trinajstić information content (AvgIpc) is 3.24.